The molecule has 4 unspecified atom stereocenters. The minimum atomic E-state index is -0.0874. The van der Waals surface area contributed by atoms with Gasteiger partial charge in [0.05, 0.1) is 12.1 Å². The molecule has 90 valence electrons. The standard InChI is InChI=1S/C11H19N3O2/c12-8-7-2-1-5-16-10(7)9(8)14-11(15)13-6-3-4-6/h6-10H,1-5,12H2,(H2,13,14,15). The van der Waals surface area contributed by atoms with Crippen molar-refractivity contribution in [3.8, 4) is 0 Å². The number of carbonyl (C=O) groups is 1. The Morgan fingerprint density at radius 2 is 2.06 bits per heavy atom. The zero-order chi connectivity index (χ0) is 11.1. The van der Waals surface area contributed by atoms with Crippen LogP contribution in [0.5, 0.6) is 0 Å². The smallest absolute Gasteiger partial charge is 0.315 e. The molecule has 0 aromatic heterocycles. The number of nitrogens with one attached hydrogen (secondary N) is 2. The second kappa shape index (κ2) is 3.89. The van der Waals surface area contributed by atoms with E-state index in [1.807, 2.05) is 0 Å². The molecule has 16 heavy (non-hydrogen) atoms. The maximum absolute atomic E-state index is 11.6. The Morgan fingerprint density at radius 1 is 1.25 bits per heavy atom. The summed E-state index contributed by atoms with van der Waals surface area (Å²) in [5.74, 6) is 0.444. The van der Waals surface area contributed by atoms with Crippen LogP contribution >= 0.6 is 0 Å². The number of nitrogens with two attached hydrogens (primary N) is 1. The highest BCUT2D eigenvalue weighted by atomic mass is 16.5. The second-order valence-corrected chi connectivity index (χ2v) is 5.14. The van der Waals surface area contributed by atoms with Gasteiger partial charge in [-0.3, -0.25) is 0 Å². The van der Waals surface area contributed by atoms with E-state index in [-0.39, 0.29) is 24.2 Å². The maximum Gasteiger partial charge on any atom is 0.315 e. The van der Waals surface area contributed by atoms with Gasteiger partial charge in [-0.05, 0) is 25.7 Å². The SMILES string of the molecule is NC1C2CCCOC2C1NC(=O)NC1CC1. The number of fused-ring (bicyclic) bond motifs is 1. The molecule has 3 aliphatic rings. The van der Waals surface area contributed by atoms with Crippen molar-refractivity contribution in [1.82, 2.24) is 10.6 Å². The van der Waals surface area contributed by atoms with Crippen LogP contribution in [0.15, 0.2) is 0 Å². The van der Waals surface area contributed by atoms with E-state index in [2.05, 4.69) is 10.6 Å². The van der Waals surface area contributed by atoms with Crippen LogP contribution in [0.1, 0.15) is 25.7 Å². The third-order valence-electron chi connectivity index (χ3n) is 3.89. The van der Waals surface area contributed by atoms with Gasteiger partial charge in [0.25, 0.3) is 0 Å². The van der Waals surface area contributed by atoms with Crippen molar-refractivity contribution < 1.29 is 9.53 Å². The van der Waals surface area contributed by atoms with E-state index in [0.29, 0.717) is 12.0 Å². The van der Waals surface area contributed by atoms with Crippen LogP contribution in [0.2, 0.25) is 0 Å². The van der Waals surface area contributed by atoms with E-state index in [9.17, 15) is 4.79 Å². The molecule has 0 aromatic rings. The molecule has 1 heterocycles. The van der Waals surface area contributed by atoms with Gasteiger partial charge in [0, 0.05) is 24.6 Å². The highest BCUT2D eigenvalue weighted by Crippen LogP contribution is 2.36. The van der Waals surface area contributed by atoms with E-state index in [1.165, 1.54) is 0 Å². The number of urea groups is 1. The molecule has 0 radical (unpaired) electrons. The van der Waals surface area contributed by atoms with Gasteiger partial charge in [-0.2, -0.15) is 0 Å². The molecule has 5 nitrogen and oxygen atoms in total. The Kier molecular flexibility index (Phi) is 2.52. The normalized spacial score (nSPS) is 41.8. The first-order chi connectivity index (χ1) is 7.75. The van der Waals surface area contributed by atoms with Crippen molar-refractivity contribution in [3.63, 3.8) is 0 Å². The zero-order valence-corrected chi connectivity index (χ0v) is 9.32. The summed E-state index contributed by atoms with van der Waals surface area (Å²) in [6.07, 6.45) is 4.58. The molecule has 1 aliphatic heterocycles. The average molecular weight is 225 g/mol. The molecule has 2 amide bonds. The molecule has 1 saturated heterocycles. The van der Waals surface area contributed by atoms with Gasteiger partial charge < -0.3 is 21.1 Å². The van der Waals surface area contributed by atoms with Crippen molar-refractivity contribution in [2.45, 2.75) is 49.9 Å². The monoisotopic (exact) mass is 225 g/mol. The first-order valence-corrected chi connectivity index (χ1v) is 6.20. The lowest BCUT2D eigenvalue weighted by atomic mass is 9.69. The largest absolute Gasteiger partial charge is 0.376 e. The Morgan fingerprint density at radius 3 is 2.81 bits per heavy atom. The first-order valence-electron chi connectivity index (χ1n) is 6.20. The van der Waals surface area contributed by atoms with Gasteiger partial charge in [0.15, 0.2) is 0 Å². The van der Waals surface area contributed by atoms with Crippen LogP contribution in [0.4, 0.5) is 4.79 Å². The van der Waals surface area contributed by atoms with Gasteiger partial charge in [-0.25, -0.2) is 4.79 Å². The Hall–Kier alpha value is -0.810. The summed E-state index contributed by atoms with van der Waals surface area (Å²) in [5.41, 5.74) is 6.05. The minimum absolute atomic E-state index is 0.00375. The van der Waals surface area contributed by atoms with Crippen molar-refractivity contribution >= 4 is 6.03 Å². The van der Waals surface area contributed by atoms with Crippen LogP contribution in [-0.4, -0.2) is 36.9 Å². The van der Waals surface area contributed by atoms with Crippen molar-refractivity contribution in [2.75, 3.05) is 6.61 Å². The molecule has 2 saturated carbocycles. The summed E-state index contributed by atoms with van der Waals surface area (Å²) in [5, 5.41) is 5.84. The van der Waals surface area contributed by atoms with E-state index in [0.717, 1.165) is 32.3 Å². The molecule has 2 aliphatic carbocycles. The zero-order valence-electron chi connectivity index (χ0n) is 9.32. The summed E-state index contributed by atoms with van der Waals surface area (Å²) in [4.78, 5) is 11.6. The molecule has 0 spiro atoms. The summed E-state index contributed by atoms with van der Waals surface area (Å²) >= 11 is 0. The molecular weight excluding hydrogens is 206 g/mol. The second-order valence-electron chi connectivity index (χ2n) is 5.14. The van der Waals surface area contributed by atoms with Gasteiger partial charge in [-0.15, -0.1) is 0 Å². The van der Waals surface area contributed by atoms with E-state index in [1.54, 1.807) is 0 Å². The molecule has 0 bridgehead atoms. The fourth-order valence-electron chi connectivity index (χ4n) is 2.73. The lowest BCUT2D eigenvalue weighted by molar-refractivity contribution is -0.116. The lowest BCUT2D eigenvalue weighted by Gasteiger charge is -2.52. The molecule has 5 heteroatoms. The summed E-state index contributed by atoms with van der Waals surface area (Å²) in [6, 6.07) is 0.370. The van der Waals surface area contributed by atoms with Crippen molar-refractivity contribution in [3.05, 3.63) is 0 Å². The number of rotatable bonds is 2. The van der Waals surface area contributed by atoms with Gasteiger partial charge in [-0.1, -0.05) is 0 Å². The highest BCUT2D eigenvalue weighted by molar-refractivity contribution is 5.75. The average Bonchev–Trinajstić information content (AvgIpc) is 3.09. The predicted molar refractivity (Wildman–Crippen MR) is 58.9 cm³/mol. The quantitative estimate of drug-likeness (QED) is 0.617. The fraction of sp³-hybridized carbons (Fsp3) is 0.909. The third-order valence-corrected chi connectivity index (χ3v) is 3.89. The highest BCUT2D eigenvalue weighted by Gasteiger charge is 2.51. The summed E-state index contributed by atoms with van der Waals surface area (Å²) < 4.78 is 5.66. The van der Waals surface area contributed by atoms with Crippen LogP contribution in [-0.2, 0) is 4.74 Å². The fourth-order valence-corrected chi connectivity index (χ4v) is 2.73. The van der Waals surface area contributed by atoms with Gasteiger partial charge in [0.1, 0.15) is 0 Å². The Labute approximate surface area is 95.1 Å². The summed E-state index contributed by atoms with van der Waals surface area (Å²) in [6.45, 7) is 0.802. The number of ether oxygens (including phenoxy) is 1. The van der Waals surface area contributed by atoms with Crippen LogP contribution < -0.4 is 16.4 Å². The Balaban J connectivity index is 1.52. The van der Waals surface area contributed by atoms with E-state index < -0.39 is 0 Å². The van der Waals surface area contributed by atoms with Crippen molar-refractivity contribution in [2.24, 2.45) is 11.7 Å². The molecular formula is C11H19N3O2. The number of amides is 2. The number of carbonyl (C=O) groups excluding carboxylic acids is 1. The molecule has 0 aromatic carbocycles. The number of hydrogen-bond donors (Lipinski definition) is 3. The lowest BCUT2D eigenvalue weighted by Crippen LogP contribution is -2.72. The number of hydrogen-bond acceptors (Lipinski definition) is 3. The maximum atomic E-state index is 11.6. The topological polar surface area (TPSA) is 76.4 Å². The third kappa shape index (κ3) is 1.78. The Bertz CT molecular complexity index is 293. The van der Waals surface area contributed by atoms with Crippen LogP contribution in [0, 0.1) is 5.92 Å². The van der Waals surface area contributed by atoms with Crippen molar-refractivity contribution in [1.29, 1.82) is 0 Å². The summed E-state index contributed by atoms with van der Waals surface area (Å²) in [7, 11) is 0. The van der Waals surface area contributed by atoms with E-state index in [4.69, 9.17) is 10.5 Å². The van der Waals surface area contributed by atoms with Crippen LogP contribution in [0.3, 0.4) is 0 Å². The predicted octanol–water partition coefficient (Wildman–Crippen LogP) is -0.0473. The van der Waals surface area contributed by atoms with Crippen LogP contribution in [0.25, 0.3) is 0 Å². The molecule has 3 fully saturated rings. The molecule has 4 atom stereocenters. The molecule has 3 rings (SSSR count). The van der Waals surface area contributed by atoms with Gasteiger partial charge >= 0.3 is 6.03 Å². The minimum Gasteiger partial charge on any atom is -0.376 e. The van der Waals surface area contributed by atoms with Gasteiger partial charge in [0.2, 0.25) is 0 Å². The van der Waals surface area contributed by atoms with E-state index >= 15 is 0 Å². The first kappa shape index (κ1) is 10.4. The molecule has 4 N–H and O–H groups in total.